The highest BCUT2D eigenvalue weighted by atomic mass is 15.2. The monoisotopic (exact) mass is 615 g/mol. The van der Waals surface area contributed by atoms with Gasteiger partial charge in [0.2, 0.25) is 5.95 Å². The molecule has 1 aliphatic carbocycles. The Balaban J connectivity index is 1.30. The maximum Gasteiger partial charge on any atom is 0.238 e. The Bertz CT molecular complexity index is 2510. The lowest BCUT2D eigenvalue weighted by Crippen LogP contribution is -2.28. The van der Waals surface area contributed by atoms with E-state index < -0.39 is 0 Å². The summed E-state index contributed by atoms with van der Waals surface area (Å²) in [6.07, 6.45) is 9.03. The maximum absolute atomic E-state index is 5.18. The number of nitrogens with zero attached hydrogens (tertiary/aromatic N) is 5. The first-order valence-electron chi connectivity index (χ1n) is 16.4. The molecule has 1 aliphatic heterocycles. The first-order chi connectivity index (χ1) is 23.8. The van der Waals surface area contributed by atoms with Gasteiger partial charge < -0.3 is 4.90 Å². The number of benzene rings is 6. The Kier molecular flexibility index (Phi) is 5.93. The molecule has 0 radical (unpaired) electrons. The topological polar surface area (TPSA) is 46.8 Å². The highest BCUT2D eigenvalue weighted by Gasteiger charge is 2.38. The molecular formula is C43H29N5. The van der Waals surface area contributed by atoms with Crippen molar-refractivity contribution in [1.82, 2.24) is 19.5 Å². The van der Waals surface area contributed by atoms with Crippen molar-refractivity contribution in [2.75, 3.05) is 4.90 Å². The fourth-order valence-electron chi connectivity index (χ4n) is 7.68. The average molecular weight is 616 g/mol. The minimum atomic E-state index is 0.213. The number of fused-ring (bicyclic) bond motifs is 9. The van der Waals surface area contributed by atoms with Crippen LogP contribution in [-0.2, 0) is 0 Å². The van der Waals surface area contributed by atoms with Crippen LogP contribution >= 0.6 is 0 Å². The zero-order valence-electron chi connectivity index (χ0n) is 26.0. The summed E-state index contributed by atoms with van der Waals surface area (Å²) in [5.74, 6) is 2.16. The largest absolute Gasteiger partial charge is 0.333 e. The highest BCUT2D eigenvalue weighted by Crippen LogP contribution is 2.52. The number of allylic oxidation sites excluding steroid dienone is 2. The summed E-state index contributed by atoms with van der Waals surface area (Å²) in [7, 11) is 0. The third-order valence-corrected chi connectivity index (χ3v) is 9.76. The van der Waals surface area contributed by atoms with Gasteiger partial charge in [-0.05, 0) is 23.8 Å². The van der Waals surface area contributed by atoms with Crippen LogP contribution in [0.4, 0.5) is 11.4 Å². The van der Waals surface area contributed by atoms with Crippen LogP contribution in [0.3, 0.4) is 0 Å². The summed E-state index contributed by atoms with van der Waals surface area (Å²) >= 11 is 0. The second-order valence-electron chi connectivity index (χ2n) is 12.4. The first kappa shape index (κ1) is 26.8. The van der Waals surface area contributed by atoms with Gasteiger partial charge in [0.25, 0.3) is 0 Å². The van der Waals surface area contributed by atoms with Crippen molar-refractivity contribution in [3.05, 3.63) is 169 Å². The van der Waals surface area contributed by atoms with E-state index in [2.05, 4.69) is 137 Å². The molecule has 0 saturated heterocycles. The molecule has 5 nitrogen and oxygen atoms in total. The molecule has 0 bridgehead atoms. The van der Waals surface area contributed by atoms with Crippen molar-refractivity contribution >= 4 is 44.0 Å². The molecular weight excluding hydrogens is 587 g/mol. The zero-order valence-corrected chi connectivity index (χ0v) is 26.0. The van der Waals surface area contributed by atoms with Gasteiger partial charge in [-0.15, -0.1) is 0 Å². The SMILES string of the molecule is C1=CC2c3ccc4c(ccc5c6ccccc6n(-c6nc(-c7ccccc7)nc(-c7ccccc7)n6)c45)c3N(c3ccccc3)C2C=C1. The van der Waals surface area contributed by atoms with Crippen LogP contribution in [0.1, 0.15) is 11.5 Å². The zero-order chi connectivity index (χ0) is 31.6. The molecule has 2 unspecified atom stereocenters. The second kappa shape index (κ2) is 10.6. The second-order valence-corrected chi connectivity index (χ2v) is 12.4. The van der Waals surface area contributed by atoms with E-state index in [1.165, 1.54) is 27.7 Å². The van der Waals surface area contributed by atoms with E-state index in [0.717, 1.165) is 32.9 Å². The molecule has 6 aromatic carbocycles. The molecule has 3 heterocycles. The van der Waals surface area contributed by atoms with Gasteiger partial charge in [-0.3, -0.25) is 4.57 Å². The molecule has 0 fully saturated rings. The summed E-state index contributed by atoms with van der Waals surface area (Å²) in [6.45, 7) is 0. The number of hydrogen-bond donors (Lipinski definition) is 0. The maximum atomic E-state index is 5.18. The van der Waals surface area contributed by atoms with Gasteiger partial charge in [0.05, 0.1) is 22.8 Å². The normalized spacial score (nSPS) is 16.5. The molecule has 10 rings (SSSR count). The van der Waals surface area contributed by atoms with E-state index in [1.54, 1.807) is 0 Å². The fraction of sp³-hybridized carbons (Fsp3) is 0.0465. The van der Waals surface area contributed by atoms with Crippen molar-refractivity contribution in [2.24, 2.45) is 0 Å². The van der Waals surface area contributed by atoms with E-state index in [0.29, 0.717) is 17.6 Å². The van der Waals surface area contributed by atoms with E-state index in [9.17, 15) is 0 Å². The van der Waals surface area contributed by atoms with Gasteiger partial charge in [-0.1, -0.05) is 146 Å². The summed E-state index contributed by atoms with van der Waals surface area (Å²) in [4.78, 5) is 17.9. The van der Waals surface area contributed by atoms with Gasteiger partial charge in [0.15, 0.2) is 11.6 Å². The van der Waals surface area contributed by atoms with Crippen molar-refractivity contribution in [1.29, 1.82) is 0 Å². The molecule has 2 aromatic heterocycles. The van der Waals surface area contributed by atoms with Crippen molar-refractivity contribution in [2.45, 2.75) is 12.0 Å². The molecule has 226 valence electrons. The molecule has 8 aromatic rings. The number of anilines is 2. The quantitative estimate of drug-likeness (QED) is 0.198. The van der Waals surface area contributed by atoms with E-state index in [-0.39, 0.29) is 12.0 Å². The number of rotatable bonds is 4. The van der Waals surface area contributed by atoms with Gasteiger partial charge >= 0.3 is 0 Å². The molecule has 48 heavy (non-hydrogen) atoms. The fourth-order valence-corrected chi connectivity index (χ4v) is 7.68. The number of hydrogen-bond acceptors (Lipinski definition) is 4. The molecule has 2 atom stereocenters. The number of aromatic nitrogens is 4. The van der Waals surface area contributed by atoms with Gasteiger partial charge in [0, 0.05) is 44.3 Å². The molecule has 2 aliphatic rings. The Morgan fingerprint density at radius 2 is 1.06 bits per heavy atom. The lowest BCUT2D eigenvalue weighted by Gasteiger charge is -2.29. The highest BCUT2D eigenvalue weighted by molar-refractivity contribution is 6.21. The smallest absolute Gasteiger partial charge is 0.238 e. The summed E-state index contributed by atoms with van der Waals surface area (Å²) in [6, 6.07) is 49.1. The predicted octanol–water partition coefficient (Wildman–Crippen LogP) is 10.2. The van der Waals surface area contributed by atoms with Crippen LogP contribution in [-0.4, -0.2) is 25.6 Å². The van der Waals surface area contributed by atoms with Crippen LogP contribution in [0.2, 0.25) is 0 Å². The van der Waals surface area contributed by atoms with Crippen molar-refractivity contribution < 1.29 is 0 Å². The Morgan fingerprint density at radius 1 is 0.479 bits per heavy atom. The molecule has 0 amide bonds. The van der Waals surface area contributed by atoms with Gasteiger partial charge in [-0.2, -0.15) is 9.97 Å². The summed E-state index contributed by atoms with van der Waals surface area (Å²) in [5, 5.41) is 4.71. The minimum Gasteiger partial charge on any atom is -0.333 e. The van der Waals surface area contributed by atoms with E-state index in [4.69, 9.17) is 15.0 Å². The summed E-state index contributed by atoms with van der Waals surface area (Å²) < 4.78 is 2.24. The standard InChI is InChI=1S/C43H29N5/c1-4-14-28(15-5-1)41-44-42(29-16-6-2-7-17-29)46-43(45-41)48-38-23-13-11-21-32(38)34-25-26-35-36(40(34)48)27-24-33-31-20-10-12-22-37(31)47(39(33)35)30-18-8-3-9-19-30/h1-27,31,37H. The van der Waals surface area contributed by atoms with Crippen LogP contribution in [0, 0.1) is 0 Å². The Labute approximate surface area is 277 Å². The molecule has 0 spiro atoms. The van der Waals surface area contributed by atoms with Gasteiger partial charge in [0.1, 0.15) is 0 Å². The van der Waals surface area contributed by atoms with Crippen molar-refractivity contribution in [3.8, 4) is 28.7 Å². The lowest BCUT2D eigenvalue weighted by atomic mass is 9.90. The summed E-state index contributed by atoms with van der Waals surface area (Å²) in [5.41, 5.74) is 7.84. The van der Waals surface area contributed by atoms with Crippen LogP contribution in [0.15, 0.2) is 164 Å². The Morgan fingerprint density at radius 3 is 1.79 bits per heavy atom. The van der Waals surface area contributed by atoms with Crippen molar-refractivity contribution in [3.63, 3.8) is 0 Å². The minimum absolute atomic E-state index is 0.213. The third kappa shape index (κ3) is 4.01. The Hall–Kier alpha value is -6.33. The first-order valence-corrected chi connectivity index (χ1v) is 16.4. The molecule has 5 heteroatoms. The predicted molar refractivity (Wildman–Crippen MR) is 196 cm³/mol. The van der Waals surface area contributed by atoms with E-state index in [1.807, 2.05) is 36.4 Å². The van der Waals surface area contributed by atoms with Gasteiger partial charge in [-0.25, -0.2) is 4.98 Å². The average Bonchev–Trinajstić information content (AvgIpc) is 3.69. The molecule has 0 N–H and O–H groups in total. The number of para-hydroxylation sites is 2. The molecule has 0 saturated carbocycles. The van der Waals surface area contributed by atoms with Crippen LogP contribution in [0.25, 0.3) is 61.3 Å². The van der Waals surface area contributed by atoms with E-state index >= 15 is 0 Å². The third-order valence-electron chi connectivity index (χ3n) is 9.76. The lowest BCUT2D eigenvalue weighted by molar-refractivity contribution is 0.745. The van der Waals surface area contributed by atoms with Crippen LogP contribution < -0.4 is 4.90 Å². The van der Waals surface area contributed by atoms with Crippen LogP contribution in [0.5, 0.6) is 0 Å².